The molecular formula is C25H28FNO7S2. The molecule has 3 aromatic rings. The number of unbranched alkanes of at least 4 members (excludes halogenated alkanes) is 1. The summed E-state index contributed by atoms with van der Waals surface area (Å²) in [7, 11) is -6.85. The summed E-state index contributed by atoms with van der Waals surface area (Å²) in [6, 6.07) is 14.2. The highest BCUT2D eigenvalue weighted by molar-refractivity contribution is 7.90. The SMILES string of the molecule is Cc1c(CC(=O)OCCCCOS(C)(=O)=O)cc(-c2ccc(S(C)(=O)=O)cc2)n1-c1ccc(F)cc1. The molecule has 0 aliphatic carbocycles. The number of carbonyl (C=O) groups is 1. The van der Waals surface area contributed by atoms with Crippen LogP contribution in [0.3, 0.4) is 0 Å². The Morgan fingerprint density at radius 1 is 0.917 bits per heavy atom. The molecule has 0 saturated heterocycles. The minimum atomic E-state index is -3.49. The second-order valence-corrected chi connectivity index (χ2v) is 12.0. The zero-order valence-corrected chi connectivity index (χ0v) is 21.9. The van der Waals surface area contributed by atoms with Crippen molar-refractivity contribution < 1.29 is 34.9 Å². The lowest BCUT2D eigenvalue weighted by molar-refractivity contribution is -0.143. The van der Waals surface area contributed by atoms with Gasteiger partial charge in [0.15, 0.2) is 9.84 Å². The van der Waals surface area contributed by atoms with Gasteiger partial charge in [0.2, 0.25) is 0 Å². The molecule has 0 bridgehead atoms. The van der Waals surface area contributed by atoms with Crippen LogP contribution in [0.1, 0.15) is 24.1 Å². The number of hydrogen-bond donors (Lipinski definition) is 0. The van der Waals surface area contributed by atoms with Crippen LogP contribution in [0.25, 0.3) is 16.9 Å². The third-order valence-electron chi connectivity index (χ3n) is 5.45. The Bertz CT molecular complexity index is 1430. The number of rotatable bonds is 11. The van der Waals surface area contributed by atoms with Gasteiger partial charge in [-0.15, -0.1) is 0 Å². The molecule has 2 aromatic carbocycles. The molecule has 194 valence electrons. The summed E-state index contributed by atoms with van der Waals surface area (Å²) >= 11 is 0. The van der Waals surface area contributed by atoms with Crippen molar-refractivity contribution >= 4 is 25.9 Å². The van der Waals surface area contributed by atoms with Gasteiger partial charge in [0.1, 0.15) is 5.82 Å². The second kappa shape index (κ2) is 11.4. The summed E-state index contributed by atoms with van der Waals surface area (Å²) in [6.45, 7) is 1.99. The first kappa shape index (κ1) is 27.6. The van der Waals surface area contributed by atoms with E-state index in [1.54, 1.807) is 24.3 Å². The van der Waals surface area contributed by atoms with Gasteiger partial charge in [0.25, 0.3) is 10.1 Å². The molecule has 0 saturated carbocycles. The van der Waals surface area contributed by atoms with Gasteiger partial charge in [-0.1, -0.05) is 12.1 Å². The summed E-state index contributed by atoms with van der Waals surface area (Å²) in [5.74, 6) is -0.828. The van der Waals surface area contributed by atoms with Gasteiger partial charge in [-0.25, -0.2) is 12.8 Å². The molecule has 36 heavy (non-hydrogen) atoms. The third kappa shape index (κ3) is 7.49. The molecule has 1 aromatic heterocycles. The first-order valence-corrected chi connectivity index (χ1v) is 14.8. The first-order chi connectivity index (χ1) is 16.8. The highest BCUT2D eigenvalue weighted by Gasteiger charge is 2.18. The van der Waals surface area contributed by atoms with Gasteiger partial charge in [0.05, 0.1) is 36.5 Å². The molecule has 0 radical (unpaired) electrons. The van der Waals surface area contributed by atoms with Crippen LogP contribution < -0.4 is 0 Å². The number of sulfone groups is 1. The fraction of sp³-hybridized carbons (Fsp3) is 0.320. The number of esters is 1. The summed E-state index contributed by atoms with van der Waals surface area (Å²) in [5, 5.41) is 0. The minimum Gasteiger partial charge on any atom is -0.465 e. The van der Waals surface area contributed by atoms with Gasteiger partial charge in [0, 0.05) is 17.6 Å². The van der Waals surface area contributed by atoms with E-state index in [1.165, 1.54) is 24.3 Å². The molecule has 0 amide bonds. The Labute approximate surface area is 210 Å². The number of ether oxygens (including phenoxy) is 1. The second-order valence-electron chi connectivity index (χ2n) is 8.38. The van der Waals surface area contributed by atoms with Crippen LogP contribution in [0.5, 0.6) is 0 Å². The normalized spacial score (nSPS) is 12.0. The van der Waals surface area contributed by atoms with Crippen molar-refractivity contribution in [3.8, 4) is 16.9 Å². The van der Waals surface area contributed by atoms with Crippen LogP contribution >= 0.6 is 0 Å². The van der Waals surface area contributed by atoms with Crippen molar-refractivity contribution in [1.82, 2.24) is 4.57 Å². The van der Waals surface area contributed by atoms with Crippen LogP contribution in [-0.2, 0) is 40.1 Å². The van der Waals surface area contributed by atoms with Crippen molar-refractivity contribution in [2.45, 2.75) is 31.1 Å². The van der Waals surface area contributed by atoms with E-state index in [4.69, 9.17) is 4.74 Å². The van der Waals surface area contributed by atoms with E-state index in [2.05, 4.69) is 4.18 Å². The maximum atomic E-state index is 13.5. The average molecular weight is 538 g/mol. The fourth-order valence-corrected chi connectivity index (χ4v) is 4.70. The van der Waals surface area contributed by atoms with Crippen LogP contribution in [0.2, 0.25) is 0 Å². The quantitative estimate of drug-likeness (QED) is 0.208. The van der Waals surface area contributed by atoms with E-state index < -0.39 is 25.9 Å². The van der Waals surface area contributed by atoms with Gasteiger partial charge in [-0.3, -0.25) is 8.98 Å². The smallest absolute Gasteiger partial charge is 0.310 e. The lowest BCUT2D eigenvalue weighted by Gasteiger charge is -2.13. The summed E-state index contributed by atoms with van der Waals surface area (Å²) in [5.41, 5.74) is 3.57. The van der Waals surface area contributed by atoms with E-state index in [1.807, 2.05) is 17.6 Å². The minimum absolute atomic E-state index is 0.00566. The monoisotopic (exact) mass is 537 g/mol. The molecule has 0 aliphatic rings. The maximum absolute atomic E-state index is 13.5. The van der Waals surface area contributed by atoms with E-state index >= 15 is 0 Å². The summed E-state index contributed by atoms with van der Waals surface area (Å²) < 4.78 is 71.0. The number of hydrogen-bond acceptors (Lipinski definition) is 7. The van der Waals surface area contributed by atoms with Gasteiger partial charge >= 0.3 is 5.97 Å². The highest BCUT2D eigenvalue weighted by atomic mass is 32.2. The maximum Gasteiger partial charge on any atom is 0.310 e. The van der Waals surface area contributed by atoms with Crippen molar-refractivity contribution in [2.75, 3.05) is 25.7 Å². The van der Waals surface area contributed by atoms with Crippen molar-refractivity contribution in [2.24, 2.45) is 0 Å². The summed E-state index contributed by atoms with van der Waals surface area (Å²) in [4.78, 5) is 12.7. The Kier molecular flexibility index (Phi) is 8.70. The van der Waals surface area contributed by atoms with Crippen LogP contribution in [0.15, 0.2) is 59.5 Å². The van der Waals surface area contributed by atoms with Crippen LogP contribution in [-0.4, -0.2) is 53.1 Å². The Hall–Kier alpha value is -3.02. The van der Waals surface area contributed by atoms with Crippen molar-refractivity contribution in [3.63, 3.8) is 0 Å². The largest absolute Gasteiger partial charge is 0.465 e. The number of halogens is 1. The van der Waals surface area contributed by atoms with Crippen LogP contribution in [0, 0.1) is 12.7 Å². The Balaban J connectivity index is 1.81. The first-order valence-electron chi connectivity index (χ1n) is 11.1. The average Bonchev–Trinajstić information content (AvgIpc) is 3.11. The molecule has 0 spiro atoms. The zero-order chi connectivity index (χ0) is 26.5. The zero-order valence-electron chi connectivity index (χ0n) is 20.2. The molecule has 0 unspecified atom stereocenters. The predicted molar refractivity (Wildman–Crippen MR) is 134 cm³/mol. The number of nitrogens with zero attached hydrogens (tertiary/aromatic N) is 1. The third-order valence-corrected chi connectivity index (χ3v) is 7.17. The molecule has 0 atom stereocenters. The lowest BCUT2D eigenvalue weighted by Crippen LogP contribution is -2.11. The standard InChI is InChI=1S/C25H28FNO7S2/c1-18-20(17-25(28)33-14-4-5-15-34-36(3,31)32)16-24(27(18)22-10-8-21(26)9-11-22)19-6-12-23(13-7-19)35(2,29)30/h6-13,16H,4-5,14-15,17H2,1-3H3. The summed E-state index contributed by atoms with van der Waals surface area (Å²) in [6.07, 6.45) is 2.98. The number of aromatic nitrogens is 1. The van der Waals surface area contributed by atoms with Crippen molar-refractivity contribution in [1.29, 1.82) is 0 Å². The molecule has 3 rings (SSSR count). The molecule has 8 nitrogen and oxygen atoms in total. The van der Waals surface area contributed by atoms with Gasteiger partial charge in [-0.05, 0) is 73.4 Å². The molecule has 0 fully saturated rings. The van der Waals surface area contributed by atoms with E-state index in [0.29, 0.717) is 29.8 Å². The topological polar surface area (TPSA) is 109 Å². The van der Waals surface area contributed by atoms with Crippen molar-refractivity contribution in [3.05, 3.63) is 71.7 Å². The van der Waals surface area contributed by atoms with Crippen LogP contribution in [0.4, 0.5) is 4.39 Å². The van der Waals surface area contributed by atoms with E-state index in [0.717, 1.165) is 23.8 Å². The predicted octanol–water partition coefficient (Wildman–Crippen LogP) is 3.84. The molecule has 11 heteroatoms. The van der Waals surface area contributed by atoms with Gasteiger partial charge < -0.3 is 9.30 Å². The van der Waals surface area contributed by atoms with Gasteiger partial charge in [-0.2, -0.15) is 8.42 Å². The Morgan fingerprint density at radius 3 is 2.11 bits per heavy atom. The fourth-order valence-electron chi connectivity index (χ4n) is 3.65. The van der Waals surface area contributed by atoms with E-state index in [9.17, 15) is 26.0 Å². The Morgan fingerprint density at radius 2 is 1.53 bits per heavy atom. The lowest BCUT2D eigenvalue weighted by atomic mass is 10.1. The number of carbonyl (C=O) groups excluding carboxylic acids is 1. The molecular weight excluding hydrogens is 509 g/mol. The molecule has 0 aliphatic heterocycles. The highest BCUT2D eigenvalue weighted by Crippen LogP contribution is 2.31. The number of benzene rings is 2. The molecule has 1 heterocycles. The molecule has 0 N–H and O–H groups in total. The van der Waals surface area contributed by atoms with E-state index in [-0.39, 0.29) is 30.3 Å².